The molecule has 5 heteroatoms. The summed E-state index contributed by atoms with van der Waals surface area (Å²) in [6.45, 7) is 0.692. The van der Waals surface area contributed by atoms with Gasteiger partial charge in [-0.25, -0.2) is 4.79 Å². The molecular weight excluding hydrogens is 460 g/mol. The molecule has 0 saturated carbocycles. The topological polar surface area (TPSA) is 58.6 Å². The van der Waals surface area contributed by atoms with Gasteiger partial charge < -0.3 is 15.0 Å². The second-order valence-corrected chi connectivity index (χ2v) is 9.34. The molecule has 0 radical (unpaired) electrons. The maximum Gasteiger partial charge on any atom is 0.407 e. The van der Waals surface area contributed by atoms with Crippen LogP contribution in [0, 0.1) is 5.92 Å². The molecular formula is C32H30N2O3. The standard InChI is InChI=1S/C32H30N2O3/c35-31-29(30(27-19-11-4-12-20-27)34(31)22-25-15-7-2-8-16-25)28(21-24-13-5-1-6-14-24)33-32(36)37-23-26-17-9-3-10-18-26/h1-20,28-30H,21-23H2,(H,33,36)/t28-,29+,30-/m0/s1. The fourth-order valence-corrected chi connectivity index (χ4v) is 5.01. The molecule has 1 N–H and O–H groups in total. The van der Waals surface area contributed by atoms with E-state index >= 15 is 0 Å². The second kappa shape index (κ2) is 11.6. The number of nitrogens with zero attached hydrogens (tertiary/aromatic N) is 1. The highest BCUT2D eigenvalue weighted by molar-refractivity contribution is 5.88. The smallest absolute Gasteiger partial charge is 0.407 e. The van der Waals surface area contributed by atoms with Gasteiger partial charge >= 0.3 is 6.09 Å². The Kier molecular flexibility index (Phi) is 7.60. The quantitative estimate of drug-likeness (QED) is 0.296. The van der Waals surface area contributed by atoms with E-state index in [4.69, 9.17) is 4.74 Å². The van der Waals surface area contributed by atoms with Crippen molar-refractivity contribution in [3.05, 3.63) is 144 Å². The van der Waals surface area contributed by atoms with Crippen LogP contribution in [0.15, 0.2) is 121 Å². The number of alkyl carbamates (subject to hydrolysis) is 1. The van der Waals surface area contributed by atoms with Crippen molar-refractivity contribution in [1.82, 2.24) is 10.2 Å². The predicted molar refractivity (Wildman–Crippen MR) is 143 cm³/mol. The van der Waals surface area contributed by atoms with Crippen molar-refractivity contribution in [2.24, 2.45) is 5.92 Å². The molecule has 4 aromatic rings. The van der Waals surface area contributed by atoms with Crippen LogP contribution in [-0.4, -0.2) is 22.9 Å². The zero-order chi connectivity index (χ0) is 25.5. The van der Waals surface area contributed by atoms with Gasteiger partial charge in [0.25, 0.3) is 0 Å². The maximum absolute atomic E-state index is 13.7. The van der Waals surface area contributed by atoms with Gasteiger partial charge in [-0.15, -0.1) is 0 Å². The van der Waals surface area contributed by atoms with Crippen LogP contribution in [0.4, 0.5) is 4.79 Å². The number of nitrogens with one attached hydrogen (secondary N) is 1. The summed E-state index contributed by atoms with van der Waals surface area (Å²) in [7, 11) is 0. The monoisotopic (exact) mass is 490 g/mol. The third-order valence-electron chi connectivity index (χ3n) is 6.83. The molecule has 37 heavy (non-hydrogen) atoms. The van der Waals surface area contributed by atoms with E-state index in [1.165, 1.54) is 0 Å². The maximum atomic E-state index is 13.7. The lowest BCUT2D eigenvalue weighted by atomic mass is 9.75. The minimum Gasteiger partial charge on any atom is -0.445 e. The van der Waals surface area contributed by atoms with Gasteiger partial charge in [-0.3, -0.25) is 4.79 Å². The third-order valence-corrected chi connectivity index (χ3v) is 6.83. The van der Waals surface area contributed by atoms with Crippen molar-refractivity contribution in [2.75, 3.05) is 0 Å². The van der Waals surface area contributed by atoms with Crippen molar-refractivity contribution < 1.29 is 14.3 Å². The summed E-state index contributed by atoms with van der Waals surface area (Å²) >= 11 is 0. The summed E-state index contributed by atoms with van der Waals surface area (Å²) in [5.74, 6) is -0.377. The summed E-state index contributed by atoms with van der Waals surface area (Å²) in [4.78, 5) is 28.5. The third kappa shape index (κ3) is 5.89. The van der Waals surface area contributed by atoms with Crippen LogP contribution in [0.2, 0.25) is 0 Å². The lowest BCUT2D eigenvalue weighted by Gasteiger charge is -2.50. The minimum absolute atomic E-state index is 0.0296. The van der Waals surface area contributed by atoms with Crippen molar-refractivity contribution in [1.29, 1.82) is 0 Å². The average Bonchev–Trinajstić information content (AvgIpc) is 2.95. The largest absolute Gasteiger partial charge is 0.445 e. The van der Waals surface area contributed by atoms with Gasteiger partial charge in [0, 0.05) is 6.54 Å². The first-order valence-electron chi connectivity index (χ1n) is 12.6. The highest BCUT2D eigenvalue weighted by Crippen LogP contribution is 2.43. The van der Waals surface area contributed by atoms with E-state index in [-0.39, 0.29) is 18.6 Å². The molecule has 5 rings (SSSR count). The van der Waals surface area contributed by atoms with Gasteiger partial charge in [0.2, 0.25) is 5.91 Å². The van der Waals surface area contributed by atoms with Gasteiger partial charge in [0.1, 0.15) is 6.61 Å². The Bertz CT molecular complexity index is 1300. The lowest BCUT2D eigenvalue weighted by Crippen LogP contribution is -2.62. The van der Waals surface area contributed by atoms with Gasteiger partial charge in [0.15, 0.2) is 0 Å². The molecule has 5 nitrogen and oxygen atoms in total. The van der Waals surface area contributed by atoms with Crippen molar-refractivity contribution in [3.8, 4) is 0 Å². The zero-order valence-corrected chi connectivity index (χ0v) is 20.6. The predicted octanol–water partition coefficient (Wildman–Crippen LogP) is 5.92. The molecule has 186 valence electrons. The zero-order valence-electron chi connectivity index (χ0n) is 20.6. The number of carbonyl (C=O) groups excluding carboxylic acids is 2. The Morgan fingerprint density at radius 3 is 1.84 bits per heavy atom. The number of likely N-dealkylation sites (tertiary alicyclic amines) is 1. The SMILES string of the molecule is O=C(N[C@@H](Cc1ccccc1)[C@H]1C(=O)N(Cc2ccccc2)[C@H]1c1ccccc1)OCc1ccccc1. The average molecular weight is 491 g/mol. The molecule has 0 aromatic heterocycles. The molecule has 2 amide bonds. The fraction of sp³-hybridized carbons (Fsp3) is 0.188. The fourth-order valence-electron chi connectivity index (χ4n) is 5.01. The van der Waals surface area contributed by atoms with E-state index < -0.39 is 18.1 Å². The molecule has 1 aliphatic heterocycles. The Balaban J connectivity index is 1.39. The molecule has 3 atom stereocenters. The Hall–Kier alpha value is -4.38. The number of carbonyl (C=O) groups is 2. The van der Waals surface area contributed by atoms with Crippen LogP contribution < -0.4 is 5.32 Å². The highest BCUT2D eigenvalue weighted by atomic mass is 16.5. The van der Waals surface area contributed by atoms with Gasteiger partial charge in [-0.05, 0) is 28.7 Å². The van der Waals surface area contributed by atoms with E-state index in [0.29, 0.717) is 13.0 Å². The van der Waals surface area contributed by atoms with E-state index in [1.54, 1.807) is 0 Å². The van der Waals surface area contributed by atoms with Crippen LogP contribution in [0.5, 0.6) is 0 Å². The van der Waals surface area contributed by atoms with Gasteiger partial charge in [-0.2, -0.15) is 0 Å². The lowest BCUT2D eigenvalue weighted by molar-refractivity contribution is -0.160. The minimum atomic E-state index is -0.522. The molecule has 0 spiro atoms. The van der Waals surface area contributed by atoms with Crippen molar-refractivity contribution >= 4 is 12.0 Å². The summed E-state index contributed by atoms with van der Waals surface area (Å²) in [6.07, 6.45) is 0.00566. The molecule has 1 fully saturated rings. The van der Waals surface area contributed by atoms with E-state index in [9.17, 15) is 9.59 Å². The summed E-state index contributed by atoms with van der Waals surface area (Å²) in [6, 6.07) is 39.0. The summed E-state index contributed by atoms with van der Waals surface area (Å²) in [5, 5.41) is 3.04. The van der Waals surface area contributed by atoms with Crippen molar-refractivity contribution in [2.45, 2.75) is 31.7 Å². The number of rotatable bonds is 9. The van der Waals surface area contributed by atoms with Crippen LogP contribution in [-0.2, 0) is 29.1 Å². The first kappa shape index (κ1) is 24.3. The summed E-state index contributed by atoms with van der Waals surface area (Å²) in [5.41, 5.74) is 4.09. The molecule has 4 aromatic carbocycles. The van der Waals surface area contributed by atoms with E-state index in [0.717, 1.165) is 22.3 Å². The number of ether oxygens (including phenoxy) is 1. The number of β-lactam (4-membered cyclic amide) rings is 1. The molecule has 1 saturated heterocycles. The number of hydrogen-bond acceptors (Lipinski definition) is 3. The molecule has 1 aliphatic rings. The normalized spacial score (nSPS) is 17.5. The van der Waals surface area contributed by atoms with E-state index in [1.807, 2.05) is 114 Å². The van der Waals surface area contributed by atoms with Crippen molar-refractivity contribution in [3.63, 3.8) is 0 Å². The molecule has 0 unspecified atom stereocenters. The molecule has 1 heterocycles. The van der Waals surface area contributed by atoms with Crippen LogP contribution in [0.3, 0.4) is 0 Å². The summed E-state index contributed by atoms with van der Waals surface area (Å²) < 4.78 is 5.54. The second-order valence-electron chi connectivity index (χ2n) is 9.34. The van der Waals surface area contributed by atoms with Gasteiger partial charge in [0.05, 0.1) is 18.0 Å². The highest BCUT2D eigenvalue weighted by Gasteiger charge is 2.52. The molecule has 0 bridgehead atoms. The number of amides is 2. The first-order chi connectivity index (χ1) is 18.2. The number of benzene rings is 4. The number of hydrogen-bond donors (Lipinski definition) is 1. The van der Waals surface area contributed by atoms with E-state index in [2.05, 4.69) is 17.4 Å². The first-order valence-corrected chi connectivity index (χ1v) is 12.6. The van der Waals surface area contributed by atoms with Crippen LogP contribution >= 0.6 is 0 Å². The van der Waals surface area contributed by atoms with Gasteiger partial charge in [-0.1, -0.05) is 121 Å². The molecule has 0 aliphatic carbocycles. The van der Waals surface area contributed by atoms with Crippen LogP contribution in [0.1, 0.15) is 28.3 Å². The Morgan fingerprint density at radius 1 is 0.730 bits per heavy atom. The Morgan fingerprint density at radius 2 is 1.24 bits per heavy atom. The Labute approximate surface area is 217 Å². The van der Waals surface area contributed by atoms with Crippen LogP contribution in [0.25, 0.3) is 0 Å².